The normalized spacial score (nSPS) is 19.1. The molecule has 19 heavy (non-hydrogen) atoms. The zero-order chi connectivity index (χ0) is 13.9. The van der Waals surface area contributed by atoms with E-state index >= 15 is 0 Å². The molecule has 0 radical (unpaired) electrons. The van der Waals surface area contributed by atoms with Gasteiger partial charge in [-0.1, -0.05) is 25.7 Å². The van der Waals surface area contributed by atoms with Crippen molar-refractivity contribution in [1.29, 1.82) is 0 Å². The molecule has 1 heterocycles. The number of pyridine rings is 1. The quantitative estimate of drug-likeness (QED) is 0.671. The van der Waals surface area contributed by atoms with Gasteiger partial charge >= 0.3 is 0 Å². The first-order valence-corrected chi connectivity index (χ1v) is 7.00. The SMILES string of the molecule is CN(C)C1(C(=O)c2cnccc2N)CCCCCC1. The Bertz CT molecular complexity index is 448. The summed E-state index contributed by atoms with van der Waals surface area (Å²) in [6.45, 7) is 0. The number of carbonyl (C=O) groups excluding carboxylic acids is 1. The van der Waals surface area contributed by atoms with E-state index in [4.69, 9.17) is 5.73 Å². The Labute approximate surface area is 115 Å². The summed E-state index contributed by atoms with van der Waals surface area (Å²) in [7, 11) is 3.99. The largest absolute Gasteiger partial charge is 0.398 e. The molecule has 0 aliphatic heterocycles. The van der Waals surface area contributed by atoms with Gasteiger partial charge in [-0.2, -0.15) is 0 Å². The number of likely N-dealkylation sites (N-methyl/N-ethyl adjacent to an activating group) is 1. The molecule has 0 unspecified atom stereocenters. The minimum atomic E-state index is -0.409. The number of nitrogens with zero attached hydrogens (tertiary/aromatic N) is 2. The number of Topliss-reactive ketones (excluding diaryl/α,β-unsaturated/α-hetero) is 1. The van der Waals surface area contributed by atoms with Crippen molar-refractivity contribution in [2.75, 3.05) is 19.8 Å². The van der Waals surface area contributed by atoms with Gasteiger partial charge in [-0.25, -0.2) is 0 Å². The summed E-state index contributed by atoms with van der Waals surface area (Å²) >= 11 is 0. The molecule has 4 nitrogen and oxygen atoms in total. The van der Waals surface area contributed by atoms with Crippen molar-refractivity contribution < 1.29 is 4.79 Å². The lowest BCUT2D eigenvalue weighted by atomic mass is 9.81. The van der Waals surface area contributed by atoms with Crippen LogP contribution in [0, 0.1) is 0 Å². The molecule has 0 amide bonds. The molecule has 1 aliphatic carbocycles. The van der Waals surface area contributed by atoms with Crippen LogP contribution in [0.4, 0.5) is 5.69 Å². The number of anilines is 1. The van der Waals surface area contributed by atoms with Gasteiger partial charge in [0.25, 0.3) is 0 Å². The lowest BCUT2D eigenvalue weighted by Gasteiger charge is -2.38. The van der Waals surface area contributed by atoms with Gasteiger partial charge in [0.15, 0.2) is 5.78 Å². The minimum absolute atomic E-state index is 0.130. The van der Waals surface area contributed by atoms with Crippen molar-refractivity contribution in [1.82, 2.24) is 9.88 Å². The van der Waals surface area contributed by atoms with Gasteiger partial charge in [-0.05, 0) is 33.0 Å². The molecule has 2 rings (SSSR count). The van der Waals surface area contributed by atoms with Crippen LogP contribution < -0.4 is 5.73 Å². The van der Waals surface area contributed by atoms with Crippen LogP contribution in [-0.2, 0) is 0 Å². The molecule has 0 spiro atoms. The fourth-order valence-corrected chi connectivity index (χ4v) is 3.04. The Morgan fingerprint density at radius 2 is 1.89 bits per heavy atom. The number of rotatable bonds is 3. The van der Waals surface area contributed by atoms with E-state index in [9.17, 15) is 4.79 Å². The van der Waals surface area contributed by atoms with Gasteiger partial charge in [0.2, 0.25) is 0 Å². The van der Waals surface area contributed by atoms with Crippen molar-refractivity contribution >= 4 is 11.5 Å². The molecule has 1 aliphatic rings. The van der Waals surface area contributed by atoms with Crippen LogP contribution in [-0.4, -0.2) is 35.3 Å². The molecule has 1 aromatic rings. The fourth-order valence-electron chi connectivity index (χ4n) is 3.04. The lowest BCUT2D eigenvalue weighted by molar-refractivity contribution is 0.0635. The van der Waals surface area contributed by atoms with Gasteiger partial charge in [0.05, 0.1) is 11.1 Å². The number of hydrogen-bond acceptors (Lipinski definition) is 4. The maximum absolute atomic E-state index is 13.0. The van der Waals surface area contributed by atoms with E-state index in [1.807, 2.05) is 14.1 Å². The highest BCUT2D eigenvalue weighted by atomic mass is 16.1. The second kappa shape index (κ2) is 5.70. The summed E-state index contributed by atoms with van der Waals surface area (Å²) in [4.78, 5) is 19.1. The Balaban J connectivity index is 2.39. The van der Waals surface area contributed by atoms with Crippen molar-refractivity contribution in [3.8, 4) is 0 Å². The third-order valence-corrected chi connectivity index (χ3v) is 4.31. The second-order valence-electron chi connectivity index (χ2n) is 5.63. The van der Waals surface area contributed by atoms with Crippen molar-refractivity contribution in [3.63, 3.8) is 0 Å². The van der Waals surface area contributed by atoms with Gasteiger partial charge in [0, 0.05) is 18.1 Å². The number of aromatic nitrogens is 1. The molecule has 1 aromatic heterocycles. The Morgan fingerprint density at radius 1 is 1.26 bits per heavy atom. The zero-order valence-corrected chi connectivity index (χ0v) is 11.9. The zero-order valence-electron chi connectivity index (χ0n) is 11.9. The van der Waals surface area contributed by atoms with E-state index in [1.54, 1.807) is 18.5 Å². The number of hydrogen-bond donors (Lipinski definition) is 1. The van der Waals surface area contributed by atoms with Crippen LogP contribution in [0.5, 0.6) is 0 Å². The van der Waals surface area contributed by atoms with Gasteiger partial charge in [-0.15, -0.1) is 0 Å². The van der Waals surface area contributed by atoms with E-state index in [0.717, 1.165) is 25.7 Å². The molecule has 0 saturated heterocycles. The van der Waals surface area contributed by atoms with E-state index in [1.165, 1.54) is 12.8 Å². The summed E-state index contributed by atoms with van der Waals surface area (Å²) in [5, 5.41) is 0. The Kier molecular flexibility index (Phi) is 4.20. The minimum Gasteiger partial charge on any atom is -0.398 e. The average Bonchev–Trinajstić information content (AvgIpc) is 2.65. The molecular weight excluding hydrogens is 238 g/mol. The van der Waals surface area contributed by atoms with Crippen LogP contribution in [0.25, 0.3) is 0 Å². The smallest absolute Gasteiger partial charge is 0.186 e. The first kappa shape index (κ1) is 14.0. The van der Waals surface area contributed by atoms with E-state index in [0.29, 0.717) is 11.3 Å². The van der Waals surface area contributed by atoms with Crippen LogP contribution in [0.15, 0.2) is 18.5 Å². The highest BCUT2D eigenvalue weighted by Gasteiger charge is 2.41. The van der Waals surface area contributed by atoms with E-state index in [2.05, 4.69) is 9.88 Å². The van der Waals surface area contributed by atoms with Gasteiger partial charge < -0.3 is 5.73 Å². The molecule has 0 aromatic carbocycles. The van der Waals surface area contributed by atoms with Crippen molar-refractivity contribution in [3.05, 3.63) is 24.0 Å². The molecule has 0 bridgehead atoms. The highest BCUT2D eigenvalue weighted by Crippen LogP contribution is 2.35. The van der Waals surface area contributed by atoms with Crippen LogP contribution in [0.1, 0.15) is 48.9 Å². The molecule has 2 N–H and O–H groups in total. The summed E-state index contributed by atoms with van der Waals surface area (Å²) in [6, 6.07) is 1.70. The highest BCUT2D eigenvalue weighted by molar-refractivity contribution is 6.06. The summed E-state index contributed by atoms with van der Waals surface area (Å²) in [6.07, 6.45) is 9.68. The fraction of sp³-hybridized carbons (Fsp3) is 0.600. The van der Waals surface area contributed by atoms with E-state index < -0.39 is 5.54 Å². The summed E-state index contributed by atoms with van der Waals surface area (Å²) < 4.78 is 0. The van der Waals surface area contributed by atoms with Crippen LogP contribution in [0.3, 0.4) is 0 Å². The van der Waals surface area contributed by atoms with Crippen molar-refractivity contribution in [2.45, 2.75) is 44.1 Å². The molecule has 4 heteroatoms. The molecule has 104 valence electrons. The number of nitrogen functional groups attached to an aromatic ring is 1. The predicted octanol–water partition coefficient (Wildman–Crippen LogP) is 2.50. The van der Waals surface area contributed by atoms with Gasteiger partial charge in [-0.3, -0.25) is 14.7 Å². The third-order valence-electron chi connectivity index (χ3n) is 4.31. The first-order valence-electron chi connectivity index (χ1n) is 7.00. The Hall–Kier alpha value is -1.42. The monoisotopic (exact) mass is 261 g/mol. The topological polar surface area (TPSA) is 59.2 Å². The molecule has 0 atom stereocenters. The first-order chi connectivity index (χ1) is 9.08. The maximum atomic E-state index is 13.0. The summed E-state index contributed by atoms with van der Waals surface area (Å²) in [5.41, 5.74) is 6.64. The van der Waals surface area contributed by atoms with Gasteiger partial charge in [0.1, 0.15) is 0 Å². The van der Waals surface area contributed by atoms with Crippen LogP contribution >= 0.6 is 0 Å². The average molecular weight is 261 g/mol. The maximum Gasteiger partial charge on any atom is 0.186 e. The van der Waals surface area contributed by atoms with Crippen LogP contribution in [0.2, 0.25) is 0 Å². The number of carbonyl (C=O) groups is 1. The lowest BCUT2D eigenvalue weighted by Crippen LogP contribution is -2.51. The van der Waals surface area contributed by atoms with Crippen molar-refractivity contribution in [2.24, 2.45) is 0 Å². The number of nitrogens with two attached hydrogens (primary N) is 1. The second-order valence-corrected chi connectivity index (χ2v) is 5.63. The molecule has 1 fully saturated rings. The molecular formula is C15H23N3O. The standard InChI is InChI=1S/C15H23N3O/c1-18(2)15(8-5-3-4-6-9-15)14(19)12-11-17-10-7-13(12)16/h7,10-11H,3-6,8-9H2,1-2H3,(H2,16,17). The molecule has 1 saturated carbocycles. The number of ketones is 1. The third kappa shape index (κ3) is 2.63. The Morgan fingerprint density at radius 3 is 2.42 bits per heavy atom. The predicted molar refractivity (Wildman–Crippen MR) is 77.1 cm³/mol. The van der Waals surface area contributed by atoms with E-state index in [-0.39, 0.29) is 5.78 Å². The summed E-state index contributed by atoms with van der Waals surface area (Å²) in [5.74, 6) is 0.130.